The first-order valence-electron chi connectivity index (χ1n) is 4.08. The predicted molar refractivity (Wildman–Crippen MR) is 51.7 cm³/mol. The molecular weight excluding hydrogens is 188 g/mol. The summed E-state index contributed by atoms with van der Waals surface area (Å²) in [5, 5.41) is 15.0. The van der Waals surface area contributed by atoms with Gasteiger partial charge in [-0.2, -0.15) is 0 Å². The van der Waals surface area contributed by atoms with E-state index in [4.69, 9.17) is 9.84 Å². The normalized spacial score (nSPS) is 13.1. The topological polar surface area (TPSA) is 54.4 Å². The zero-order valence-corrected chi connectivity index (χ0v) is 8.38. The molecule has 1 unspecified atom stereocenters. The Balaban J connectivity index is 2.23. The largest absolute Gasteiger partial charge is 0.395 e. The second-order valence-electron chi connectivity index (χ2n) is 2.64. The molecule has 0 aliphatic rings. The van der Waals surface area contributed by atoms with Crippen LogP contribution in [0, 0.1) is 0 Å². The first-order valence-corrected chi connectivity index (χ1v) is 4.96. The molecule has 1 heterocycles. The summed E-state index contributed by atoms with van der Waals surface area (Å²) in [6, 6.07) is -0.00565. The molecule has 4 nitrogen and oxygen atoms in total. The zero-order valence-electron chi connectivity index (χ0n) is 7.56. The minimum absolute atomic E-state index is 0.00565. The first kappa shape index (κ1) is 10.6. The molecule has 0 bridgehead atoms. The van der Waals surface area contributed by atoms with Gasteiger partial charge in [-0.15, -0.1) is 11.3 Å². The monoisotopic (exact) mass is 202 g/mol. The highest BCUT2D eigenvalue weighted by molar-refractivity contribution is 7.09. The summed E-state index contributed by atoms with van der Waals surface area (Å²) in [5.41, 5.74) is 0. The maximum absolute atomic E-state index is 8.93. The van der Waals surface area contributed by atoms with E-state index in [0.717, 1.165) is 5.01 Å². The van der Waals surface area contributed by atoms with E-state index in [2.05, 4.69) is 10.3 Å². The molecule has 0 amide bonds. The Hall–Kier alpha value is -0.490. The molecule has 1 rings (SSSR count). The number of thiazole rings is 1. The van der Waals surface area contributed by atoms with Crippen LogP contribution in [0.5, 0.6) is 0 Å². The van der Waals surface area contributed by atoms with Crippen molar-refractivity contribution in [3.8, 4) is 0 Å². The van der Waals surface area contributed by atoms with E-state index in [-0.39, 0.29) is 12.6 Å². The number of ether oxygens (including phenoxy) is 1. The Morgan fingerprint density at radius 1 is 1.77 bits per heavy atom. The fourth-order valence-corrected chi connectivity index (χ4v) is 1.52. The van der Waals surface area contributed by atoms with E-state index in [9.17, 15) is 0 Å². The number of hydrogen-bond acceptors (Lipinski definition) is 5. The predicted octanol–water partition coefficient (Wildman–Crippen LogP) is 0.240. The number of hydrogen-bond donors (Lipinski definition) is 2. The van der Waals surface area contributed by atoms with E-state index in [1.807, 2.05) is 5.38 Å². The Morgan fingerprint density at radius 2 is 2.62 bits per heavy atom. The van der Waals surface area contributed by atoms with Crippen molar-refractivity contribution in [3.63, 3.8) is 0 Å². The van der Waals surface area contributed by atoms with E-state index >= 15 is 0 Å². The Bertz CT molecular complexity index is 216. The van der Waals surface area contributed by atoms with Crippen LogP contribution in [0.15, 0.2) is 11.6 Å². The first-order chi connectivity index (χ1) is 6.36. The van der Waals surface area contributed by atoms with Crippen molar-refractivity contribution >= 4 is 11.3 Å². The van der Waals surface area contributed by atoms with Gasteiger partial charge in [0.25, 0.3) is 0 Å². The highest BCUT2D eigenvalue weighted by Crippen LogP contribution is 2.03. The van der Waals surface area contributed by atoms with Gasteiger partial charge in [0.2, 0.25) is 0 Å². The molecule has 0 saturated heterocycles. The zero-order chi connectivity index (χ0) is 9.52. The smallest absolute Gasteiger partial charge is 0.106 e. The molecule has 74 valence electrons. The van der Waals surface area contributed by atoms with Crippen LogP contribution in [0.3, 0.4) is 0 Å². The van der Waals surface area contributed by atoms with Crippen LogP contribution in [0.25, 0.3) is 0 Å². The molecule has 0 saturated carbocycles. The molecule has 5 heteroatoms. The summed E-state index contributed by atoms with van der Waals surface area (Å²) in [7, 11) is 1.62. The van der Waals surface area contributed by atoms with Crippen molar-refractivity contribution in [3.05, 3.63) is 16.6 Å². The summed E-state index contributed by atoms with van der Waals surface area (Å²) in [4.78, 5) is 4.12. The van der Waals surface area contributed by atoms with Gasteiger partial charge in [-0.3, -0.25) is 0 Å². The Labute approximate surface area is 81.6 Å². The Morgan fingerprint density at radius 3 is 3.15 bits per heavy atom. The summed E-state index contributed by atoms with van der Waals surface area (Å²) in [6.45, 7) is 1.29. The molecule has 2 N–H and O–H groups in total. The highest BCUT2D eigenvalue weighted by atomic mass is 32.1. The maximum Gasteiger partial charge on any atom is 0.106 e. The van der Waals surface area contributed by atoms with Gasteiger partial charge in [0.05, 0.1) is 19.3 Å². The fourth-order valence-electron chi connectivity index (χ4n) is 0.949. The van der Waals surface area contributed by atoms with Gasteiger partial charge in [0, 0.05) is 25.2 Å². The fraction of sp³-hybridized carbons (Fsp3) is 0.625. The second-order valence-corrected chi connectivity index (χ2v) is 3.62. The minimum atomic E-state index is -0.00565. The molecule has 0 aromatic carbocycles. The second kappa shape index (κ2) is 6.04. The lowest BCUT2D eigenvalue weighted by Gasteiger charge is -2.13. The molecule has 0 spiro atoms. The molecular formula is C8H14N2O2S. The SMILES string of the molecule is COCC(CO)NCc1nccs1. The lowest BCUT2D eigenvalue weighted by molar-refractivity contribution is 0.128. The molecule has 0 aliphatic carbocycles. The maximum atomic E-state index is 8.93. The number of aliphatic hydroxyl groups is 1. The molecule has 1 aromatic heterocycles. The molecule has 0 fully saturated rings. The molecule has 13 heavy (non-hydrogen) atoms. The number of aromatic nitrogens is 1. The van der Waals surface area contributed by atoms with E-state index in [1.165, 1.54) is 0 Å². The molecule has 1 aromatic rings. The quantitative estimate of drug-likeness (QED) is 0.694. The van der Waals surface area contributed by atoms with Crippen molar-refractivity contribution in [1.82, 2.24) is 10.3 Å². The van der Waals surface area contributed by atoms with Gasteiger partial charge in [-0.05, 0) is 0 Å². The molecule has 0 aliphatic heterocycles. The van der Waals surface area contributed by atoms with Crippen molar-refractivity contribution in [2.45, 2.75) is 12.6 Å². The third kappa shape index (κ3) is 3.82. The van der Waals surface area contributed by atoms with E-state index in [0.29, 0.717) is 13.2 Å². The van der Waals surface area contributed by atoms with Crippen LogP contribution >= 0.6 is 11.3 Å². The summed E-state index contributed by atoms with van der Waals surface area (Å²) in [5.74, 6) is 0. The van der Waals surface area contributed by atoms with E-state index in [1.54, 1.807) is 24.6 Å². The van der Waals surface area contributed by atoms with Crippen LogP contribution in [-0.4, -0.2) is 36.5 Å². The van der Waals surface area contributed by atoms with Crippen LogP contribution in [0.4, 0.5) is 0 Å². The van der Waals surface area contributed by atoms with Gasteiger partial charge in [-0.25, -0.2) is 4.98 Å². The average Bonchev–Trinajstić information content (AvgIpc) is 2.64. The number of aliphatic hydroxyl groups excluding tert-OH is 1. The van der Waals surface area contributed by atoms with Crippen LogP contribution in [0.2, 0.25) is 0 Å². The van der Waals surface area contributed by atoms with Gasteiger partial charge in [0.1, 0.15) is 5.01 Å². The van der Waals surface area contributed by atoms with Crippen molar-refractivity contribution in [2.24, 2.45) is 0 Å². The number of rotatable bonds is 6. The van der Waals surface area contributed by atoms with Gasteiger partial charge in [-0.1, -0.05) is 0 Å². The summed E-state index contributed by atoms with van der Waals surface area (Å²) < 4.78 is 4.93. The van der Waals surface area contributed by atoms with Crippen molar-refractivity contribution in [1.29, 1.82) is 0 Å². The average molecular weight is 202 g/mol. The standard InChI is InChI=1S/C8H14N2O2S/c1-12-6-7(5-11)10-4-8-9-2-3-13-8/h2-3,7,10-11H,4-6H2,1H3. The van der Waals surface area contributed by atoms with Crippen LogP contribution < -0.4 is 5.32 Å². The van der Waals surface area contributed by atoms with Gasteiger partial charge < -0.3 is 15.2 Å². The lowest BCUT2D eigenvalue weighted by Crippen LogP contribution is -2.35. The molecule has 1 atom stereocenters. The number of nitrogens with zero attached hydrogens (tertiary/aromatic N) is 1. The third-order valence-electron chi connectivity index (χ3n) is 1.61. The van der Waals surface area contributed by atoms with Gasteiger partial charge in [0.15, 0.2) is 0 Å². The van der Waals surface area contributed by atoms with Crippen LogP contribution in [-0.2, 0) is 11.3 Å². The Kier molecular flexibility index (Phi) is 4.92. The van der Waals surface area contributed by atoms with Crippen LogP contribution in [0.1, 0.15) is 5.01 Å². The van der Waals surface area contributed by atoms with E-state index < -0.39 is 0 Å². The molecule has 0 radical (unpaired) electrons. The number of methoxy groups -OCH3 is 1. The summed E-state index contributed by atoms with van der Waals surface area (Å²) >= 11 is 1.60. The summed E-state index contributed by atoms with van der Waals surface area (Å²) in [6.07, 6.45) is 1.77. The minimum Gasteiger partial charge on any atom is -0.395 e. The third-order valence-corrected chi connectivity index (χ3v) is 2.39. The van der Waals surface area contributed by atoms with Crippen molar-refractivity contribution < 1.29 is 9.84 Å². The number of nitrogens with one attached hydrogen (secondary N) is 1. The van der Waals surface area contributed by atoms with Gasteiger partial charge >= 0.3 is 0 Å². The lowest BCUT2D eigenvalue weighted by atomic mass is 10.3. The highest BCUT2D eigenvalue weighted by Gasteiger charge is 2.06. The van der Waals surface area contributed by atoms with Crippen molar-refractivity contribution in [2.75, 3.05) is 20.3 Å².